The van der Waals surface area contributed by atoms with E-state index in [9.17, 15) is 14.4 Å². The maximum atomic E-state index is 12.3. The molecule has 8 heteroatoms. The van der Waals surface area contributed by atoms with Crippen molar-refractivity contribution in [3.05, 3.63) is 23.8 Å². The maximum Gasteiger partial charge on any atom is 0.251 e. The second-order valence-electron chi connectivity index (χ2n) is 5.98. The number of hydrogen-bond acceptors (Lipinski definition) is 5. The summed E-state index contributed by atoms with van der Waals surface area (Å²) in [6.07, 6.45) is 2.31. The molecule has 0 unspecified atom stereocenters. The first-order valence-corrected chi connectivity index (χ1v) is 9.09. The van der Waals surface area contributed by atoms with Crippen LogP contribution in [0.4, 0.5) is 5.13 Å². The number of carbonyl (C=O) groups is 3. The molecular weight excluding hydrogens is 340 g/mol. The molecule has 1 fully saturated rings. The summed E-state index contributed by atoms with van der Waals surface area (Å²) in [5.74, 6) is -0.116. The number of likely N-dealkylation sites (tertiary alicyclic amines) is 1. The van der Waals surface area contributed by atoms with E-state index in [-0.39, 0.29) is 17.7 Å². The molecule has 3 rings (SSSR count). The number of rotatable bonds is 6. The van der Waals surface area contributed by atoms with Crippen molar-refractivity contribution in [2.75, 3.05) is 25.0 Å². The summed E-state index contributed by atoms with van der Waals surface area (Å²) in [5, 5.41) is 6.05. The van der Waals surface area contributed by atoms with Crippen molar-refractivity contribution >= 4 is 44.4 Å². The Bertz CT molecular complexity index is 817. The zero-order valence-corrected chi connectivity index (χ0v) is 14.8. The Hall–Kier alpha value is -2.48. The topological polar surface area (TPSA) is 91.4 Å². The number of nitrogens with zero attached hydrogens (tertiary/aromatic N) is 2. The van der Waals surface area contributed by atoms with Crippen LogP contribution in [-0.4, -0.2) is 47.2 Å². The van der Waals surface area contributed by atoms with E-state index in [2.05, 4.69) is 15.6 Å². The summed E-state index contributed by atoms with van der Waals surface area (Å²) in [6, 6.07) is 5.27. The van der Waals surface area contributed by atoms with E-state index in [1.54, 1.807) is 18.2 Å². The first-order chi connectivity index (χ1) is 12.0. The van der Waals surface area contributed by atoms with Gasteiger partial charge in [0.25, 0.3) is 5.91 Å². The largest absolute Gasteiger partial charge is 0.352 e. The third kappa shape index (κ3) is 4.33. The number of aromatic nitrogens is 1. The van der Waals surface area contributed by atoms with Crippen LogP contribution in [-0.2, 0) is 9.59 Å². The number of hydrogen-bond donors (Lipinski definition) is 2. The van der Waals surface area contributed by atoms with Crippen molar-refractivity contribution in [2.45, 2.75) is 26.2 Å². The first kappa shape index (κ1) is 17.3. The van der Waals surface area contributed by atoms with Crippen LogP contribution in [0.1, 0.15) is 36.5 Å². The van der Waals surface area contributed by atoms with Gasteiger partial charge in [-0.2, -0.15) is 0 Å². The fraction of sp³-hybridized carbons (Fsp3) is 0.412. The van der Waals surface area contributed by atoms with Gasteiger partial charge in [0.2, 0.25) is 11.8 Å². The van der Waals surface area contributed by atoms with Gasteiger partial charge in [-0.15, -0.1) is 0 Å². The lowest BCUT2D eigenvalue weighted by atomic mass is 10.2. The van der Waals surface area contributed by atoms with Crippen LogP contribution in [0, 0.1) is 0 Å². The molecule has 2 aromatic rings. The van der Waals surface area contributed by atoms with E-state index in [0.29, 0.717) is 30.2 Å². The molecule has 0 radical (unpaired) electrons. The summed E-state index contributed by atoms with van der Waals surface area (Å²) in [5.41, 5.74) is 1.31. The Balaban J connectivity index is 1.54. The second kappa shape index (κ2) is 7.60. The minimum atomic E-state index is -0.173. The minimum Gasteiger partial charge on any atom is -0.352 e. The van der Waals surface area contributed by atoms with Gasteiger partial charge >= 0.3 is 0 Å². The quantitative estimate of drug-likeness (QED) is 0.771. The smallest absolute Gasteiger partial charge is 0.251 e. The van der Waals surface area contributed by atoms with E-state index < -0.39 is 0 Å². The van der Waals surface area contributed by atoms with Crippen LogP contribution >= 0.6 is 11.3 Å². The Morgan fingerprint density at radius 1 is 1.36 bits per heavy atom. The molecule has 0 spiro atoms. The molecule has 1 saturated heterocycles. The lowest BCUT2D eigenvalue weighted by Gasteiger charge is -2.15. The van der Waals surface area contributed by atoms with Crippen LogP contribution < -0.4 is 10.6 Å². The van der Waals surface area contributed by atoms with Gasteiger partial charge in [-0.1, -0.05) is 11.3 Å². The summed E-state index contributed by atoms with van der Waals surface area (Å²) in [6.45, 7) is 3.47. The van der Waals surface area contributed by atoms with Gasteiger partial charge in [-0.25, -0.2) is 4.98 Å². The Morgan fingerprint density at radius 2 is 2.20 bits per heavy atom. The normalized spacial score (nSPS) is 14.1. The van der Waals surface area contributed by atoms with E-state index >= 15 is 0 Å². The van der Waals surface area contributed by atoms with Gasteiger partial charge in [0.15, 0.2) is 5.13 Å². The van der Waals surface area contributed by atoms with E-state index in [4.69, 9.17) is 0 Å². The van der Waals surface area contributed by atoms with Crippen molar-refractivity contribution in [1.82, 2.24) is 15.2 Å². The maximum absolute atomic E-state index is 12.3. The number of benzene rings is 1. The highest BCUT2D eigenvalue weighted by molar-refractivity contribution is 7.22. The zero-order chi connectivity index (χ0) is 17.8. The summed E-state index contributed by atoms with van der Waals surface area (Å²) in [7, 11) is 0. The molecule has 0 atom stereocenters. The Morgan fingerprint density at radius 3 is 2.92 bits per heavy atom. The third-order valence-corrected chi connectivity index (χ3v) is 4.93. The molecule has 25 heavy (non-hydrogen) atoms. The minimum absolute atomic E-state index is 0.149. The molecule has 0 aliphatic carbocycles. The van der Waals surface area contributed by atoms with Crippen LogP contribution in [0.3, 0.4) is 0 Å². The summed E-state index contributed by atoms with van der Waals surface area (Å²) < 4.78 is 0.846. The SMILES string of the molecule is CC(=O)Nc1nc2ccc(C(=O)NCCCN3CCCC3=O)cc2s1. The van der Waals surface area contributed by atoms with Crippen LogP contribution in [0.5, 0.6) is 0 Å². The number of anilines is 1. The van der Waals surface area contributed by atoms with E-state index in [0.717, 1.165) is 29.6 Å². The van der Waals surface area contributed by atoms with Crippen molar-refractivity contribution in [1.29, 1.82) is 0 Å². The molecule has 0 bridgehead atoms. The highest BCUT2D eigenvalue weighted by Gasteiger charge is 2.19. The van der Waals surface area contributed by atoms with E-state index in [1.807, 2.05) is 4.90 Å². The average molecular weight is 360 g/mol. The van der Waals surface area contributed by atoms with Crippen molar-refractivity contribution in [3.8, 4) is 0 Å². The molecule has 2 heterocycles. The van der Waals surface area contributed by atoms with Gasteiger partial charge in [0, 0.05) is 38.5 Å². The Kier molecular flexibility index (Phi) is 5.28. The van der Waals surface area contributed by atoms with Crippen molar-refractivity contribution in [2.24, 2.45) is 0 Å². The fourth-order valence-electron chi connectivity index (χ4n) is 2.78. The van der Waals surface area contributed by atoms with Crippen LogP contribution in [0.2, 0.25) is 0 Å². The standard InChI is InChI=1S/C17H20N4O3S/c1-11(22)19-17-20-13-6-5-12(10-14(13)25-17)16(24)18-7-3-9-21-8-2-4-15(21)23/h5-6,10H,2-4,7-9H2,1H3,(H,18,24)(H,19,20,22). The lowest BCUT2D eigenvalue weighted by molar-refractivity contribution is -0.127. The lowest BCUT2D eigenvalue weighted by Crippen LogP contribution is -2.30. The van der Waals surface area contributed by atoms with Gasteiger partial charge in [0.05, 0.1) is 10.2 Å². The highest BCUT2D eigenvalue weighted by Crippen LogP contribution is 2.26. The molecule has 1 aliphatic rings. The Labute approximate surface area is 149 Å². The summed E-state index contributed by atoms with van der Waals surface area (Å²) in [4.78, 5) is 41.0. The van der Waals surface area contributed by atoms with Gasteiger partial charge < -0.3 is 15.5 Å². The number of thiazole rings is 1. The van der Waals surface area contributed by atoms with Gasteiger partial charge in [-0.3, -0.25) is 14.4 Å². The monoisotopic (exact) mass is 360 g/mol. The molecule has 7 nitrogen and oxygen atoms in total. The van der Waals surface area contributed by atoms with Crippen LogP contribution in [0.25, 0.3) is 10.2 Å². The number of carbonyl (C=O) groups excluding carboxylic acids is 3. The van der Waals surface area contributed by atoms with Crippen molar-refractivity contribution in [3.63, 3.8) is 0 Å². The number of nitrogens with one attached hydrogen (secondary N) is 2. The van der Waals surface area contributed by atoms with Crippen molar-refractivity contribution < 1.29 is 14.4 Å². The zero-order valence-electron chi connectivity index (χ0n) is 14.0. The third-order valence-electron chi connectivity index (χ3n) is 4.00. The molecule has 2 N–H and O–H groups in total. The van der Waals surface area contributed by atoms with E-state index in [1.165, 1.54) is 18.3 Å². The number of fused-ring (bicyclic) bond motifs is 1. The molecular formula is C17H20N4O3S. The van der Waals surface area contributed by atoms with Gasteiger partial charge in [0.1, 0.15) is 0 Å². The molecule has 132 valence electrons. The predicted molar refractivity (Wildman–Crippen MR) is 96.7 cm³/mol. The summed E-state index contributed by atoms with van der Waals surface area (Å²) >= 11 is 1.34. The molecule has 1 aromatic carbocycles. The average Bonchev–Trinajstić information content (AvgIpc) is 3.15. The van der Waals surface area contributed by atoms with Gasteiger partial charge in [-0.05, 0) is 31.0 Å². The molecule has 3 amide bonds. The highest BCUT2D eigenvalue weighted by atomic mass is 32.1. The first-order valence-electron chi connectivity index (χ1n) is 8.27. The fourth-order valence-corrected chi connectivity index (χ4v) is 3.74. The molecule has 1 aliphatic heterocycles. The predicted octanol–water partition coefficient (Wildman–Crippen LogP) is 2.00. The van der Waals surface area contributed by atoms with Crippen LogP contribution in [0.15, 0.2) is 18.2 Å². The second-order valence-corrected chi connectivity index (χ2v) is 7.01. The molecule has 1 aromatic heterocycles. The molecule has 0 saturated carbocycles. The number of amides is 3.